The summed E-state index contributed by atoms with van der Waals surface area (Å²) >= 11 is 0. The number of hydrogen-bond donors (Lipinski definition) is 0. The van der Waals surface area contributed by atoms with Crippen LogP contribution in [0.5, 0.6) is 17.2 Å². The van der Waals surface area contributed by atoms with Gasteiger partial charge in [-0.25, -0.2) is 0 Å². The van der Waals surface area contributed by atoms with Gasteiger partial charge in [0.25, 0.3) is 0 Å². The van der Waals surface area contributed by atoms with E-state index < -0.39 is 0 Å². The lowest BCUT2D eigenvalue weighted by molar-refractivity contribution is -0.120. The van der Waals surface area contributed by atoms with Gasteiger partial charge in [-0.3, -0.25) is 4.79 Å². The fourth-order valence-corrected chi connectivity index (χ4v) is 4.02. The molecule has 0 N–H and O–H groups in total. The fourth-order valence-electron chi connectivity index (χ4n) is 4.02. The van der Waals surface area contributed by atoms with E-state index in [4.69, 9.17) is 14.2 Å². The normalized spacial score (nSPS) is 17.1. The number of benzene rings is 2. The molecular weight excluding hydrogens is 390 g/mol. The third-order valence-electron chi connectivity index (χ3n) is 6.03. The lowest BCUT2D eigenvalue weighted by Gasteiger charge is -2.40. The first-order valence-electron chi connectivity index (χ1n) is 11.5. The largest absolute Gasteiger partial charge is 0.490 e. The topological polar surface area (TPSA) is 48.0 Å². The van der Waals surface area contributed by atoms with Crippen molar-refractivity contribution in [3.8, 4) is 17.2 Å². The molecule has 4 rings (SSSR count). The van der Waals surface area contributed by atoms with Gasteiger partial charge in [-0.15, -0.1) is 0 Å². The molecule has 1 atom stereocenters. The zero-order valence-electron chi connectivity index (χ0n) is 18.8. The second kappa shape index (κ2) is 9.63. The van der Waals surface area contributed by atoms with E-state index >= 15 is 0 Å². The summed E-state index contributed by atoms with van der Waals surface area (Å²) < 4.78 is 17.5. The molecule has 1 heterocycles. The third kappa shape index (κ3) is 5.33. The van der Waals surface area contributed by atoms with Gasteiger partial charge < -0.3 is 19.1 Å². The molecule has 5 nitrogen and oxygen atoms in total. The Morgan fingerprint density at radius 3 is 2.32 bits per heavy atom. The molecule has 2 fully saturated rings. The maximum Gasteiger partial charge on any atom is 0.163 e. The summed E-state index contributed by atoms with van der Waals surface area (Å²) in [6.45, 7) is 9.00. The predicted molar refractivity (Wildman–Crippen MR) is 123 cm³/mol. The van der Waals surface area contributed by atoms with Gasteiger partial charge in [0.2, 0.25) is 0 Å². The summed E-state index contributed by atoms with van der Waals surface area (Å²) in [6.07, 6.45) is 2.98. The highest BCUT2D eigenvalue weighted by Crippen LogP contribution is 2.35. The molecular formula is C26H33NO4. The second-order valence-electron chi connectivity index (χ2n) is 8.56. The van der Waals surface area contributed by atoms with Crippen LogP contribution >= 0.6 is 0 Å². The summed E-state index contributed by atoms with van der Waals surface area (Å²) in [6, 6.07) is 14.3. The van der Waals surface area contributed by atoms with Crippen molar-refractivity contribution in [3.63, 3.8) is 0 Å². The molecule has 1 saturated carbocycles. The molecule has 0 aromatic heterocycles. The lowest BCUT2D eigenvalue weighted by Crippen LogP contribution is -2.54. The van der Waals surface area contributed by atoms with E-state index in [9.17, 15) is 4.79 Å². The standard InChI is InChI=1S/C26H33NO4/c1-4-29-25-13-10-21(15-26(25)30-5-2)27-16-23(17-27)31-22-11-8-19(9-12-22)18(3)14-24(28)20-6-7-20/h8-13,15,18,20,23H,4-7,14,16-17H2,1-3H3/t18-/m1/s1. The van der Waals surface area contributed by atoms with Crippen LogP contribution in [0.25, 0.3) is 0 Å². The van der Waals surface area contributed by atoms with E-state index in [0.29, 0.717) is 31.3 Å². The van der Waals surface area contributed by atoms with E-state index in [1.807, 2.05) is 38.1 Å². The van der Waals surface area contributed by atoms with Gasteiger partial charge in [-0.1, -0.05) is 19.1 Å². The first-order valence-corrected chi connectivity index (χ1v) is 11.5. The first kappa shape index (κ1) is 21.5. The minimum absolute atomic E-state index is 0.168. The Morgan fingerprint density at radius 2 is 1.68 bits per heavy atom. The van der Waals surface area contributed by atoms with Gasteiger partial charge in [-0.2, -0.15) is 0 Å². The summed E-state index contributed by atoms with van der Waals surface area (Å²) in [5.74, 6) is 3.48. The number of rotatable bonds is 11. The Bertz CT molecular complexity index is 885. The number of ether oxygens (including phenoxy) is 3. The molecule has 0 amide bonds. The Balaban J connectivity index is 1.28. The van der Waals surface area contributed by atoms with Gasteiger partial charge in [-0.05, 0) is 62.4 Å². The SMILES string of the molecule is CCOc1ccc(N2CC(Oc3ccc([C@H](C)CC(=O)C4CC4)cc3)C2)cc1OCC. The van der Waals surface area contributed by atoms with E-state index in [0.717, 1.165) is 48.9 Å². The van der Waals surface area contributed by atoms with Gasteiger partial charge >= 0.3 is 0 Å². The van der Waals surface area contributed by atoms with Gasteiger partial charge in [0.15, 0.2) is 11.5 Å². The van der Waals surface area contributed by atoms with Crippen molar-refractivity contribution in [1.82, 2.24) is 0 Å². The molecule has 0 spiro atoms. The third-order valence-corrected chi connectivity index (χ3v) is 6.03. The van der Waals surface area contributed by atoms with Gasteiger partial charge in [0.05, 0.1) is 26.3 Å². The zero-order valence-corrected chi connectivity index (χ0v) is 18.8. The molecule has 1 aliphatic heterocycles. The Labute approximate surface area is 185 Å². The zero-order chi connectivity index (χ0) is 21.8. The minimum atomic E-state index is 0.168. The fraction of sp³-hybridized carbons (Fsp3) is 0.500. The van der Waals surface area contributed by atoms with Crippen LogP contribution < -0.4 is 19.1 Å². The van der Waals surface area contributed by atoms with Crippen molar-refractivity contribution < 1.29 is 19.0 Å². The number of nitrogens with zero attached hydrogens (tertiary/aromatic N) is 1. The average Bonchev–Trinajstić information content (AvgIpc) is 3.58. The molecule has 166 valence electrons. The molecule has 0 bridgehead atoms. The van der Waals surface area contributed by atoms with Crippen molar-refractivity contribution in [2.75, 3.05) is 31.2 Å². The summed E-state index contributed by atoms with van der Waals surface area (Å²) in [7, 11) is 0. The van der Waals surface area contributed by atoms with Crippen LogP contribution in [0.1, 0.15) is 51.5 Å². The summed E-state index contributed by atoms with van der Waals surface area (Å²) in [4.78, 5) is 14.3. The Kier molecular flexibility index (Phi) is 6.69. The number of carbonyl (C=O) groups is 1. The highest BCUT2D eigenvalue weighted by Gasteiger charge is 2.31. The van der Waals surface area contributed by atoms with Crippen LogP contribution in [0, 0.1) is 5.92 Å². The van der Waals surface area contributed by atoms with Gasteiger partial charge in [0.1, 0.15) is 17.6 Å². The minimum Gasteiger partial charge on any atom is -0.490 e. The highest BCUT2D eigenvalue weighted by molar-refractivity contribution is 5.83. The lowest BCUT2D eigenvalue weighted by atomic mass is 9.94. The Hall–Kier alpha value is -2.69. The van der Waals surface area contributed by atoms with Crippen molar-refractivity contribution in [1.29, 1.82) is 0 Å². The molecule has 2 aliphatic rings. The van der Waals surface area contributed by atoms with Crippen molar-refractivity contribution in [2.45, 2.75) is 52.1 Å². The highest BCUT2D eigenvalue weighted by atomic mass is 16.5. The van der Waals surface area contributed by atoms with Gasteiger partial charge in [0, 0.05) is 24.1 Å². The average molecular weight is 424 g/mol. The number of carbonyl (C=O) groups excluding carboxylic acids is 1. The van der Waals surface area contributed by atoms with Crippen LogP contribution in [0.3, 0.4) is 0 Å². The monoisotopic (exact) mass is 423 g/mol. The molecule has 1 saturated heterocycles. The molecule has 0 unspecified atom stereocenters. The predicted octanol–water partition coefficient (Wildman–Crippen LogP) is 5.22. The number of hydrogen-bond acceptors (Lipinski definition) is 5. The molecule has 0 radical (unpaired) electrons. The maximum atomic E-state index is 12.1. The van der Waals surface area contributed by atoms with Crippen molar-refractivity contribution >= 4 is 11.5 Å². The number of Topliss-reactive ketones (excluding diaryl/α,β-unsaturated/α-hetero) is 1. The summed E-state index contributed by atoms with van der Waals surface area (Å²) in [5, 5.41) is 0. The Morgan fingerprint density at radius 1 is 1.00 bits per heavy atom. The molecule has 2 aromatic carbocycles. The number of ketones is 1. The maximum absolute atomic E-state index is 12.1. The smallest absolute Gasteiger partial charge is 0.163 e. The van der Waals surface area contributed by atoms with E-state index in [1.54, 1.807) is 0 Å². The molecule has 5 heteroatoms. The van der Waals surface area contributed by atoms with Crippen molar-refractivity contribution in [3.05, 3.63) is 48.0 Å². The van der Waals surface area contributed by atoms with E-state index in [-0.39, 0.29) is 12.0 Å². The van der Waals surface area contributed by atoms with Crippen molar-refractivity contribution in [2.24, 2.45) is 5.92 Å². The quantitative estimate of drug-likeness (QED) is 0.496. The van der Waals surface area contributed by atoms with E-state index in [1.165, 1.54) is 5.56 Å². The van der Waals surface area contributed by atoms with Crippen LogP contribution in [0.15, 0.2) is 42.5 Å². The molecule has 2 aromatic rings. The molecule has 31 heavy (non-hydrogen) atoms. The second-order valence-corrected chi connectivity index (χ2v) is 8.56. The van der Waals surface area contributed by atoms with Crippen LogP contribution in [-0.2, 0) is 4.79 Å². The van der Waals surface area contributed by atoms with Crippen LogP contribution in [0.4, 0.5) is 5.69 Å². The summed E-state index contributed by atoms with van der Waals surface area (Å²) in [5.41, 5.74) is 2.32. The first-order chi connectivity index (χ1) is 15.1. The van der Waals surface area contributed by atoms with Crippen LogP contribution in [0.2, 0.25) is 0 Å². The molecule has 1 aliphatic carbocycles. The van der Waals surface area contributed by atoms with E-state index in [2.05, 4.69) is 30.0 Å². The van der Waals surface area contributed by atoms with Crippen LogP contribution in [-0.4, -0.2) is 38.2 Å². The number of anilines is 1.